The highest BCUT2D eigenvalue weighted by atomic mass is 16.6. The van der Waals surface area contributed by atoms with Crippen molar-refractivity contribution >= 4 is 23.6 Å². The number of primary amides is 1. The Balaban J connectivity index is 2.62. The third-order valence-corrected chi connectivity index (χ3v) is 7.11. The molecule has 38 heavy (non-hydrogen) atoms. The van der Waals surface area contributed by atoms with Crippen LogP contribution in [-0.2, 0) is 23.9 Å². The molecule has 0 spiro atoms. The zero-order valence-electron chi connectivity index (χ0n) is 23.2. The van der Waals surface area contributed by atoms with Gasteiger partial charge in [-0.05, 0) is 38.2 Å². The lowest BCUT2D eigenvalue weighted by atomic mass is 9.81. The monoisotopic (exact) mass is 528 g/mol. The maximum atomic E-state index is 13.4. The number of rotatable bonds is 3. The van der Waals surface area contributed by atoms with Crippen LogP contribution in [0.3, 0.4) is 0 Å². The number of Topliss-reactive ketones (excluding diaryl/α,β-unsaturated/α-hetero) is 1. The van der Waals surface area contributed by atoms with Gasteiger partial charge in [0, 0.05) is 41.7 Å². The molecule has 9 heteroatoms. The third-order valence-electron chi connectivity index (χ3n) is 7.11. The molecule has 9 nitrogen and oxygen atoms in total. The summed E-state index contributed by atoms with van der Waals surface area (Å²) < 4.78 is 11.1. The second-order valence-electron chi connectivity index (χ2n) is 10.1. The summed E-state index contributed by atoms with van der Waals surface area (Å²) in [6.45, 7) is 10.7. The maximum absolute atomic E-state index is 13.4. The Morgan fingerprint density at radius 3 is 2.39 bits per heavy atom. The first kappa shape index (κ1) is 30.9. The molecule has 0 aromatic rings. The Kier molecular flexibility index (Phi) is 11.0. The van der Waals surface area contributed by atoms with Crippen molar-refractivity contribution in [3.05, 3.63) is 58.4 Å². The van der Waals surface area contributed by atoms with Gasteiger partial charge in [-0.25, -0.2) is 4.79 Å². The zero-order chi connectivity index (χ0) is 28.7. The van der Waals surface area contributed by atoms with E-state index >= 15 is 0 Å². The van der Waals surface area contributed by atoms with Crippen molar-refractivity contribution in [3.8, 4) is 0 Å². The standard InChI is InChI=1S/C29H40N2O7/c1-8-20-21-13-19(6)27(37-7)24(33)17(4)12-18(5)26(38-29(30)36)15(2)10-9-11-16(3)28(35)31-22(25(21)34)14-23(20)32/h9-12,14-15,17,19,24,26-27,33H,8,13H2,1-7H3,(H2,30,36)(H,31,35)/b10-9-,16-11+,18-12+/t15-,17-,19+,24+,26+,27-/m0/s1. The molecule has 1 heterocycles. The lowest BCUT2D eigenvalue weighted by molar-refractivity contribution is -0.120. The number of hydrogen-bond donors (Lipinski definition) is 3. The van der Waals surface area contributed by atoms with Crippen LogP contribution in [0.1, 0.15) is 54.4 Å². The summed E-state index contributed by atoms with van der Waals surface area (Å²) in [5.74, 6) is -2.34. The van der Waals surface area contributed by atoms with Gasteiger partial charge in [0.05, 0.1) is 17.9 Å². The molecular formula is C29H40N2O7. The molecule has 1 aliphatic carbocycles. The van der Waals surface area contributed by atoms with E-state index in [0.29, 0.717) is 28.7 Å². The predicted molar refractivity (Wildman–Crippen MR) is 144 cm³/mol. The van der Waals surface area contributed by atoms with Gasteiger partial charge in [0.25, 0.3) is 5.91 Å². The quantitative estimate of drug-likeness (QED) is 0.376. The fourth-order valence-corrected chi connectivity index (χ4v) is 4.99. The lowest BCUT2D eigenvalue weighted by Gasteiger charge is -2.32. The van der Waals surface area contributed by atoms with E-state index in [1.807, 2.05) is 26.8 Å². The van der Waals surface area contributed by atoms with E-state index in [2.05, 4.69) is 5.32 Å². The first-order chi connectivity index (χ1) is 17.8. The molecule has 0 saturated heterocycles. The molecule has 2 aliphatic rings. The van der Waals surface area contributed by atoms with Crippen molar-refractivity contribution in [2.75, 3.05) is 7.11 Å². The van der Waals surface area contributed by atoms with E-state index in [0.717, 1.165) is 0 Å². The minimum Gasteiger partial charge on any atom is -0.441 e. The van der Waals surface area contributed by atoms with E-state index in [9.17, 15) is 24.3 Å². The molecule has 208 valence electrons. The van der Waals surface area contributed by atoms with E-state index in [4.69, 9.17) is 15.2 Å². The number of ether oxygens (including phenoxy) is 2. The molecule has 0 saturated carbocycles. The van der Waals surface area contributed by atoms with Gasteiger partial charge in [0.15, 0.2) is 5.78 Å². The Labute approximate surface area is 224 Å². The molecule has 0 aromatic heterocycles. The van der Waals surface area contributed by atoms with Crippen LogP contribution < -0.4 is 11.1 Å². The number of methoxy groups -OCH3 is 1. The Morgan fingerprint density at radius 1 is 1.16 bits per heavy atom. The van der Waals surface area contributed by atoms with Gasteiger partial charge in [-0.3, -0.25) is 14.4 Å². The lowest BCUT2D eigenvalue weighted by Crippen LogP contribution is -2.40. The van der Waals surface area contributed by atoms with E-state index in [1.165, 1.54) is 13.2 Å². The number of amides is 2. The Morgan fingerprint density at radius 2 is 1.82 bits per heavy atom. The highest BCUT2D eigenvalue weighted by molar-refractivity contribution is 6.23. The number of ketones is 2. The summed E-state index contributed by atoms with van der Waals surface area (Å²) in [7, 11) is 1.48. The van der Waals surface area contributed by atoms with E-state index in [1.54, 1.807) is 39.0 Å². The Bertz CT molecular complexity index is 1110. The molecule has 0 unspecified atom stereocenters. The average molecular weight is 529 g/mol. The van der Waals surface area contributed by atoms with Crippen LogP contribution in [-0.4, -0.2) is 54.1 Å². The first-order valence-electron chi connectivity index (χ1n) is 12.9. The minimum absolute atomic E-state index is 0.0815. The van der Waals surface area contributed by atoms with Gasteiger partial charge >= 0.3 is 6.09 Å². The maximum Gasteiger partial charge on any atom is 0.405 e. The number of aliphatic hydroxyl groups excluding tert-OH is 1. The molecule has 2 amide bonds. The van der Waals surface area contributed by atoms with Crippen LogP contribution in [0.5, 0.6) is 0 Å². The van der Waals surface area contributed by atoms with Crippen molar-refractivity contribution in [1.82, 2.24) is 5.32 Å². The van der Waals surface area contributed by atoms with Gasteiger partial charge < -0.3 is 25.6 Å². The fraction of sp³-hybridized carbons (Fsp3) is 0.517. The van der Waals surface area contributed by atoms with E-state index in [-0.39, 0.29) is 29.7 Å². The highest BCUT2D eigenvalue weighted by Gasteiger charge is 2.35. The molecular weight excluding hydrogens is 488 g/mol. The van der Waals surface area contributed by atoms with Crippen molar-refractivity contribution in [2.24, 2.45) is 23.5 Å². The van der Waals surface area contributed by atoms with Crippen molar-refractivity contribution in [1.29, 1.82) is 0 Å². The number of carbonyl (C=O) groups is 4. The zero-order valence-corrected chi connectivity index (χ0v) is 23.2. The second-order valence-corrected chi connectivity index (χ2v) is 10.1. The van der Waals surface area contributed by atoms with Crippen molar-refractivity contribution in [3.63, 3.8) is 0 Å². The molecule has 0 aromatic carbocycles. The number of allylic oxidation sites excluding steroid dienone is 5. The van der Waals surface area contributed by atoms with Crippen molar-refractivity contribution in [2.45, 2.75) is 72.7 Å². The van der Waals surface area contributed by atoms with Crippen LogP contribution in [0.4, 0.5) is 4.79 Å². The SMILES string of the molecule is CCC1=C2C[C@@H](C)[C@H](OC)[C@H](O)[C@@H](C)/C=C(\C)[C@H](OC(N)=O)[C@@H](C)/C=C\C=C(/C)C(=O)NC(=CC1=O)C2=O. The molecule has 2 rings (SSSR count). The summed E-state index contributed by atoms with van der Waals surface area (Å²) in [6.07, 6.45) is 5.22. The summed E-state index contributed by atoms with van der Waals surface area (Å²) in [5.41, 5.74) is 6.94. The van der Waals surface area contributed by atoms with Gasteiger partial charge in [0.1, 0.15) is 6.10 Å². The number of nitrogens with two attached hydrogens (primary N) is 1. The van der Waals surface area contributed by atoms with Crippen LogP contribution in [0, 0.1) is 17.8 Å². The normalized spacial score (nSPS) is 33.6. The molecule has 0 radical (unpaired) electrons. The average Bonchev–Trinajstić information content (AvgIpc) is 2.84. The number of aliphatic hydroxyl groups is 1. The summed E-state index contributed by atoms with van der Waals surface area (Å²) >= 11 is 0. The van der Waals surface area contributed by atoms with Crippen LogP contribution in [0.25, 0.3) is 0 Å². The predicted octanol–water partition coefficient (Wildman–Crippen LogP) is 3.45. The number of carbonyl (C=O) groups excluding carboxylic acids is 4. The van der Waals surface area contributed by atoms with Gasteiger partial charge in [0.2, 0.25) is 5.78 Å². The number of nitrogens with one attached hydrogen (secondary N) is 1. The van der Waals surface area contributed by atoms with Crippen molar-refractivity contribution < 1.29 is 33.8 Å². The fourth-order valence-electron chi connectivity index (χ4n) is 4.99. The Hall–Kier alpha value is -3.30. The van der Waals surface area contributed by atoms with Gasteiger partial charge in [-0.2, -0.15) is 0 Å². The smallest absolute Gasteiger partial charge is 0.405 e. The minimum atomic E-state index is -0.968. The first-order valence-corrected chi connectivity index (χ1v) is 12.9. The summed E-state index contributed by atoms with van der Waals surface area (Å²) in [5, 5.41) is 13.8. The van der Waals surface area contributed by atoms with Crippen LogP contribution in [0.2, 0.25) is 0 Å². The topological polar surface area (TPSA) is 145 Å². The number of hydrogen-bond acceptors (Lipinski definition) is 7. The third kappa shape index (κ3) is 7.39. The summed E-state index contributed by atoms with van der Waals surface area (Å²) in [6, 6.07) is 0. The molecule has 6 atom stereocenters. The molecule has 2 bridgehead atoms. The molecule has 0 fully saturated rings. The molecule has 1 aliphatic heterocycles. The van der Waals surface area contributed by atoms with Crippen LogP contribution >= 0.6 is 0 Å². The van der Waals surface area contributed by atoms with Crippen LogP contribution in [0.15, 0.2) is 58.4 Å². The molecule has 4 N–H and O–H groups in total. The highest BCUT2D eigenvalue weighted by Crippen LogP contribution is 2.31. The van der Waals surface area contributed by atoms with E-state index < -0.39 is 42.0 Å². The second kappa shape index (κ2) is 13.5. The van der Waals surface area contributed by atoms with Gasteiger partial charge in [-0.1, -0.05) is 52.0 Å². The number of fused-ring (bicyclic) bond motifs is 2. The van der Waals surface area contributed by atoms with Gasteiger partial charge in [-0.15, -0.1) is 0 Å². The summed E-state index contributed by atoms with van der Waals surface area (Å²) in [4.78, 5) is 50.7. The largest absolute Gasteiger partial charge is 0.441 e.